The minimum absolute atomic E-state index is 0.228. The predicted molar refractivity (Wildman–Crippen MR) is 77.9 cm³/mol. The molecule has 4 nitrogen and oxygen atoms in total. The quantitative estimate of drug-likeness (QED) is 0.853. The highest BCUT2D eigenvalue weighted by Crippen LogP contribution is 2.26. The third-order valence-electron chi connectivity index (χ3n) is 2.55. The standard InChI is InChI=1S/C13H13ClN2O2S/c1-18-12-9(3-2-4-10(12)15)13(17)16-7-8-5-6-11(14)19-8/h2-6H,7,15H2,1H3,(H,16,17). The second-order valence-corrected chi connectivity index (χ2v) is 5.62. The number of carbonyl (C=O) groups is 1. The van der Waals surface area contributed by atoms with Crippen LogP contribution in [-0.2, 0) is 6.54 Å². The number of ether oxygens (including phenoxy) is 1. The van der Waals surface area contributed by atoms with E-state index in [2.05, 4.69) is 5.32 Å². The van der Waals surface area contributed by atoms with E-state index in [0.29, 0.717) is 27.9 Å². The predicted octanol–water partition coefficient (Wildman–Crippen LogP) is 2.92. The molecule has 2 rings (SSSR count). The van der Waals surface area contributed by atoms with Crippen molar-refractivity contribution in [3.05, 3.63) is 45.1 Å². The summed E-state index contributed by atoms with van der Waals surface area (Å²) in [6.07, 6.45) is 0. The fraction of sp³-hybridized carbons (Fsp3) is 0.154. The van der Waals surface area contributed by atoms with Gasteiger partial charge in [-0.15, -0.1) is 11.3 Å². The fourth-order valence-corrected chi connectivity index (χ4v) is 2.70. The highest BCUT2D eigenvalue weighted by molar-refractivity contribution is 7.16. The summed E-state index contributed by atoms with van der Waals surface area (Å²) in [7, 11) is 1.49. The maximum absolute atomic E-state index is 12.1. The third-order valence-corrected chi connectivity index (χ3v) is 3.78. The largest absolute Gasteiger partial charge is 0.494 e. The van der Waals surface area contributed by atoms with Gasteiger partial charge in [0.2, 0.25) is 0 Å². The van der Waals surface area contributed by atoms with Crippen molar-refractivity contribution in [1.29, 1.82) is 0 Å². The number of nitrogen functional groups attached to an aromatic ring is 1. The van der Waals surface area contributed by atoms with Crippen LogP contribution in [0.1, 0.15) is 15.2 Å². The van der Waals surface area contributed by atoms with Gasteiger partial charge >= 0.3 is 0 Å². The van der Waals surface area contributed by atoms with E-state index in [0.717, 1.165) is 4.88 Å². The number of para-hydroxylation sites is 1. The van der Waals surface area contributed by atoms with Gasteiger partial charge in [0.1, 0.15) is 0 Å². The molecule has 0 saturated heterocycles. The Morgan fingerprint density at radius 3 is 2.84 bits per heavy atom. The fourth-order valence-electron chi connectivity index (χ4n) is 1.67. The summed E-state index contributed by atoms with van der Waals surface area (Å²) in [4.78, 5) is 13.1. The Labute approximate surface area is 120 Å². The van der Waals surface area contributed by atoms with E-state index < -0.39 is 0 Å². The van der Waals surface area contributed by atoms with Gasteiger partial charge in [-0.25, -0.2) is 0 Å². The number of hydrogen-bond acceptors (Lipinski definition) is 4. The molecule has 0 aliphatic heterocycles. The molecule has 100 valence electrons. The molecule has 19 heavy (non-hydrogen) atoms. The normalized spacial score (nSPS) is 10.2. The zero-order valence-corrected chi connectivity index (χ0v) is 11.8. The highest BCUT2D eigenvalue weighted by atomic mass is 35.5. The molecule has 0 spiro atoms. The molecule has 1 amide bonds. The number of anilines is 1. The first-order valence-corrected chi connectivity index (χ1v) is 6.76. The van der Waals surface area contributed by atoms with E-state index in [1.165, 1.54) is 18.4 Å². The van der Waals surface area contributed by atoms with Gasteiger partial charge in [0, 0.05) is 4.88 Å². The number of halogens is 1. The topological polar surface area (TPSA) is 64.3 Å². The number of amides is 1. The highest BCUT2D eigenvalue weighted by Gasteiger charge is 2.14. The van der Waals surface area contributed by atoms with Crippen LogP contribution in [0, 0.1) is 0 Å². The van der Waals surface area contributed by atoms with Crippen LogP contribution in [0.2, 0.25) is 4.34 Å². The first-order chi connectivity index (χ1) is 9.11. The lowest BCUT2D eigenvalue weighted by molar-refractivity contribution is 0.0948. The first-order valence-electron chi connectivity index (χ1n) is 5.56. The van der Waals surface area contributed by atoms with Crippen LogP contribution in [0.3, 0.4) is 0 Å². The van der Waals surface area contributed by atoms with Gasteiger partial charge in [-0.3, -0.25) is 4.79 Å². The van der Waals surface area contributed by atoms with E-state index in [4.69, 9.17) is 22.1 Å². The SMILES string of the molecule is COc1c(N)cccc1C(=O)NCc1ccc(Cl)s1. The molecule has 3 N–H and O–H groups in total. The van der Waals surface area contributed by atoms with Crippen LogP contribution in [0.5, 0.6) is 5.75 Å². The zero-order valence-electron chi connectivity index (χ0n) is 10.3. The lowest BCUT2D eigenvalue weighted by Gasteiger charge is -2.10. The second-order valence-electron chi connectivity index (χ2n) is 3.82. The van der Waals surface area contributed by atoms with E-state index in [-0.39, 0.29) is 5.91 Å². The Bertz CT molecular complexity index is 598. The van der Waals surface area contributed by atoms with Crippen LogP contribution >= 0.6 is 22.9 Å². The van der Waals surface area contributed by atoms with Crippen LogP contribution in [0.25, 0.3) is 0 Å². The Hall–Kier alpha value is -1.72. The van der Waals surface area contributed by atoms with Crippen molar-refractivity contribution in [2.45, 2.75) is 6.54 Å². The second kappa shape index (κ2) is 5.95. The summed E-state index contributed by atoms with van der Waals surface area (Å²) in [6.45, 7) is 0.425. The number of nitrogens with one attached hydrogen (secondary N) is 1. The lowest BCUT2D eigenvalue weighted by Crippen LogP contribution is -2.23. The average Bonchev–Trinajstić information content (AvgIpc) is 2.81. The molecular formula is C13H13ClN2O2S. The molecule has 1 aromatic carbocycles. The molecule has 0 saturated carbocycles. The Balaban J connectivity index is 2.10. The number of rotatable bonds is 4. The summed E-state index contributed by atoms with van der Waals surface area (Å²) in [5.74, 6) is 0.165. The van der Waals surface area contributed by atoms with Gasteiger partial charge in [0.25, 0.3) is 5.91 Å². The minimum atomic E-state index is -0.228. The van der Waals surface area contributed by atoms with Crippen molar-refractivity contribution in [2.24, 2.45) is 0 Å². The molecular weight excluding hydrogens is 284 g/mol. The van der Waals surface area contributed by atoms with Crippen molar-refractivity contribution in [1.82, 2.24) is 5.32 Å². The summed E-state index contributed by atoms with van der Waals surface area (Å²) < 4.78 is 5.85. The number of hydrogen-bond donors (Lipinski definition) is 2. The van der Waals surface area contributed by atoms with Crippen molar-refractivity contribution < 1.29 is 9.53 Å². The summed E-state index contributed by atoms with van der Waals surface area (Å²) in [5, 5.41) is 2.81. The number of methoxy groups -OCH3 is 1. The molecule has 0 unspecified atom stereocenters. The van der Waals surface area contributed by atoms with Gasteiger partial charge in [0.05, 0.1) is 29.2 Å². The van der Waals surface area contributed by atoms with Crippen molar-refractivity contribution in [3.63, 3.8) is 0 Å². The monoisotopic (exact) mass is 296 g/mol. The van der Waals surface area contributed by atoms with Gasteiger partial charge in [-0.2, -0.15) is 0 Å². The molecule has 2 aromatic rings. The summed E-state index contributed by atoms with van der Waals surface area (Å²) in [6, 6.07) is 8.76. The van der Waals surface area contributed by atoms with Gasteiger partial charge in [0.15, 0.2) is 5.75 Å². The maximum Gasteiger partial charge on any atom is 0.255 e. The van der Waals surface area contributed by atoms with E-state index in [1.807, 2.05) is 6.07 Å². The summed E-state index contributed by atoms with van der Waals surface area (Å²) >= 11 is 7.26. The Morgan fingerprint density at radius 2 is 2.21 bits per heavy atom. The van der Waals surface area contributed by atoms with Crippen molar-refractivity contribution >= 4 is 34.5 Å². The maximum atomic E-state index is 12.1. The van der Waals surface area contributed by atoms with E-state index in [9.17, 15) is 4.79 Å². The molecule has 0 aliphatic rings. The lowest BCUT2D eigenvalue weighted by atomic mass is 10.1. The van der Waals surface area contributed by atoms with Crippen LogP contribution < -0.4 is 15.8 Å². The summed E-state index contributed by atoms with van der Waals surface area (Å²) in [5.41, 5.74) is 6.62. The van der Waals surface area contributed by atoms with Gasteiger partial charge in [-0.05, 0) is 24.3 Å². The van der Waals surface area contributed by atoms with Crippen LogP contribution in [0.4, 0.5) is 5.69 Å². The molecule has 0 atom stereocenters. The van der Waals surface area contributed by atoms with Gasteiger partial charge in [-0.1, -0.05) is 17.7 Å². The molecule has 0 fully saturated rings. The smallest absolute Gasteiger partial charge is 0.255 e. The number of thiophene rings is 1. The number of benzene rings is 1. The van der Waals surface area contributed by atoms with Crippen molar-refractivity contribution in [2.75, 3.05) is 12.8 Å². The molecule has 0 bridgehead atoms. The zero-order chi connectivity index (χ0) is 13.8. The molecule has 0 radical (unpaired) electrons. The van der Waals surface area contributed by atoms with Gasteiger partial charge < -0.3 is 15.8 Å². The van der Waals surface area contributed by atoms with Crippen molar-refractivity contribution in [3.8, 4) is 5.75 Å². The third kappa shape index (κ3) is 3.19. The number of carbonyl (C=O) groups excluding carboxylic acids is 1. The van der Waals surface area contributed by atoms with E-state index in [1.54, 1.807) is 24.3 Å². The number of nitrogens with two attached hydrogens (primary N) is 1. The Morgan fingerprint density at radius 1 is 1.42 bits per heavy atom. The Kier molecular flexibility index (Phi) is 4.29. The van der Waals surface area contributed by atoms with Crippen LogP contribution in [-0.4, -0.2) is 13.0 Å². The molecule has 0 aliphatic carbocycles. The van der Waals surface area contributed by atoms with E-state index >= 15 is 0 Å². The minimum Gasteiger partial charge on any atom is -0.494 e. The van der Waals surface area contributed by atoms with Crippen LogP contribution in [0.15, 0.2) is 30.3 Å². The molecule has 6 heteroatoms. The average molecular weight is 297 g/mol. The molecule has 1 aromatic heterocycles. The molecule has 1 heterocycles. The first kappa shape index (κ1) is 13.7.